The Kier molecular flexibility index (Phi) is 3.26. The lowest BCUT2D eigenvalue weighted by Gasteiger charge is -2.28. The minimum absolute atomic E-state index is 1.01. The summed E-state index contributed by atoms with van der Waals surface area (Å²) >= 11 is 0. The van der Waals surface area contributed by atoms with Gasteiger partial charge in [-0.2, -0.15) is 0 Å². The maximum absolute atomic E-state index is 3.47. The van der Waals surface area contributed by atoms with Crippen LogP contribution in [0.1, 0.15) is 45.4 Å². The molecule has 2 rings (SSSR count). The van der Waals surface area contributed by atoms with Crippen molar-refractivity contribution in [2.24, 2.45) is 17.8 Å². The second-order valence-electron chi connectivity index (χ2n) is 5.23. The Balaban J connectivity index is 1.73. The van der Waals surface area contributed by atoms with Gasteiger partial charge in [0.15, 0.2) is 0 Å². The Morgan fingerprint density at radius 1 is 1.15 bits per heavy atom. The smallest absolute Gasteiger partial charge is 0.00199 e. The highest BCUT2D eigenvalue weighted by Crippen LogP contribution is 2.33. The highest BCUT2D eigenvalue weighted by molar-refractivity contribution is 4.77. The normalized spacial score (nSPS) is 40.8. The van der Waals surface area contributed by atoms with Crippen molar-refractivity contribution >= 4 is 0 Å². The highest BCUT2D eigenvalue weighted by Gasteiger charge is 2.23. The van der Waals surface area contributed by atoms with Crippen molar-refractivity contribution in [1.82, 2.24) is 5.32 Å². The largest absolute Gasteiger partial charge is 0.316 e. The minimum Gasteiger partial charge on any atom is -0.316 e. The molecular formula is C12H23N. The summed E-state index contributed by atoms with van der Waals surface area (Å²) in [4.78, 5) is 0. The molecule has 0 radical (unpaired) electrons. The van der Waals surface area contributed by atoms with E-state index < -0.39 is 0 Å². The third-order valence-corrected chi connectivity index (χ3v) is 3.87. The first-order valence-corrected chi connectivity index (χ1v) is 6.05. The van der Waals surface area contributed by atoms with Gasteiger partial charge in [-0.15, -0.1) is 0 Å². The van der Waals surface area contributed by atoms with E-state index in [0.29, 0.717) is 0 Å². The third-order valence-electron chi connectivity index (χ3n) is 3.87. The van der Waals surface area contributed by atoms with Crippen molar-refractivity contribution in [3.8, 4) is 0 Å². The van der Waals surface area contributed by atoms with E-state index in [4.69, 9.17) is 0 Å². The van der Waals surface area contributed by atoms with Crippen molar-refractivity contribution in [2.45, 2.75) is 45.4 Å². The summed E-state index contributed by atoms with van der Waals surface area (Å²) in [5.74, 6) is 3.08. The van der Waals surface area contributed by atoms with Gasteiger partial charge in [0, 0.05) is 0 Å². The molecule has 1 aliphatic heterocycles. The van der Waals surface area contributed by atoms with E-state index in [1.807, 2.05) is 0 Å². The molecule has 3 atom stereocenters. The van der Waals surface area contributed by atoms with Crippen molar-refractivity contribution in [3.05, 3.63) is 0 Å². The van der Waals surface area contributed by atoms with Crippen LogP contribution >= 0.6 is 0 Å². The zero-order chi connectivity index (χ0) is 9.10. The van der Waals surface area contributed by atoms with Gasteiger partial charge < -0.3 is 5.32 Å². The number of hydrogen-bond acceptors (Lipinski definition) is 1. The number of hydrogen-bond donors (Lipinski definition) is 1. The Labute approximate surface area is 82.3 Å². The van der Waals surface area contributed by atoms with Crippen molar-refractivity contribution in [3.63, 3.8) is 0 Å². The molecule has 0 amide bonds. The summed E-state index contributed by atoms with van der Waals surface area (Å²) < 4.78 is 0. The zero-order valence-corrected chi connectivity index (χ0v) is 8.89. The lowest BCUT2D eigenvalue weighted by Crippen LogP contribution is -2.18. The highest BCUT2D eigenvalue weighted by atomic mass is 14.9. The SMILES string of the molecule is CC1CCCC(CC2CCNC2)C1. The van der Waals surface area contributed by atoms with Crippen LogP contribution in [0.4, 0.5) is 0 Å². The van der Waals surface area contributed by atoms with Crippen molar-refractivity contribution in [1.29, 1.82) is 0 Å². The predicted octanol–water partition coefficient (Wildman–Crippen LogP) is 2.81. The minimum atomic E-state index is 1.01. The third kappa shape index (κ3) is 2.70. The topological polar surface area (TPSA) is 12.0 Å². The number of rotatable bonds is 2. The first-order chi connectivity index (χ1) is 6.34. The molecule has 1 saturated heterocycles. The van der Waals surface area contributed by atoms with Crippen LogP contribution in [0.15, 0.2) is 0 Å². The van der Waals surface area contributed by atoms with Crippen molar-refractivity contribution < 1.29 is 0 Å². The molecule has 0 spiro atoms. The second-order valence-corrected chi connectivity index (χ2v) is 5.23. The molecule has 0 aromatic heterocycles. The van der Waals surface area contributed by atoms with E-state index >= 15 is 0 Å². The van der Waals surface area contributed by atoms with E-state index in [1.165, 1.54) is 51.6 Å². The first-order valence-electron chi connectivity index (χ1n) is 6.05. The summed E-state index contributed by atoms with van der Waals surface area (Å²) in [6, 6.07) is 0. The van der Waals surface area contributed by atoms with Gasteiger partial charge in [0.05, 0.1) is 0 Å². The van der Waals surface area contributed by atoms with Gasteiger partial charge in [-0.25, -0.2) is 0 Å². The molecular weight excluding hydrogens is 158 g/mol. The molecule has 0 bridgehead atoms. The predicted molar refractivity (Wildman–Crippen MR) is 56.7 cm³/mol. The molecule has 76 valence electrons. The van der Waals surface area contributed by atoms with Gasteiger partial charge in [-0.05, 0) is 50.1 Å². The molecule has 1 saturated carbocycles. The second kappa shape index (κ2) is 4.45. The summed E-state index contributed by atoms with van der Waals surface area (Å²) in [7, 11) is 0. The lowest BCUT2D eigenvalue weighted by atomic mass is 9.78. The van der Waals surface area contributed by atoms with Crippen LogP contribution in [0, 0.1) is 17.8 Å². The van der Waals surface area contributed by atoms with Gasteiger partial charge in [-0.1, -0.05) is 26.2 Å². The summed E-state index contributed by atoms with van der Waals surface area (Å²) in [5.41, 5.74) is 0. The standard InChI is InChI=1S/C12H23N/c1-10-3-2-4-11(7-10)8-12-5-6-13-9-12/h10-13H,2-9H2,1H3. The van der Waals surface area contributed by atoms with Crippen LogP contribution in [-0.4, -0.2) is 13.1 Å². The van der Waals surface area contributed by atoms with E-state index in [1.54, 1.807) is 0 Å². The van der Waals surface area contributed by atoms with Gasteiger partial charge in [-0.3, -0.25) is 0 Å². The molecule has 0 aromatic rings. The van der Waals surface area contributed by atoms with E-state index in [9.17, 15) is 0 Å². The van der Waals surface area contributed by atoms with E-state index in [0.717, 1.165) is 17.8 Å². The van der Waals surface area contributed by atoms with Crippen LogP contribution in [0.3, 0.4) is 0 Å². The maximum Gasteiger partial charge on any atom is -0.00199 e. The average Bonchev–Trinajstić information content (AvgIpc) is 2.57. The Hall–Kier alpha value is -0.0400. The molecule has 1 N–H and O–H groups in total. The van der Waals surface area contributed by atoms with Gasteiger partial charge >= 0.3 is 0 Å². The Morgan fingerprint density at radius 2 is 2.08 bits per heavy atom. The fraction of sp³-hybridized carbons (Fsp3) is 1.00. The van der Waals surface area contributed by atoms with Gasteiger partial charge in [0.1, 0.15) is 0 Å². The van der Waals surface area contributed by atoms with Crippen molar-refractivity contribution in [2.75, 3.05) is 13.1 Å². The molecule has 2 fully saturated rings. The van der Waals surface area contributed by atoms with Crippen LogP contribution in [0.2, 0.25) is 0 Å². The maximum atomic E-state index is 3.47. The molecule has 2 aliphatic rings. The van der Waals surface area contributed by atoms with Crippen LogP contribution in [0.5, 0.6) is 0 Å². The molecule has 1 aliphatic carbocycles. The molecule has 1 nitrogen and oxygen atoms in total. The number of nitrogens with one attached hydrogen (secondary N) is 1. The first kappa shape index (κ1) is 9.51. The molecule has 1 heteroatoms. The fourth-order valence-electron chi connectivity index (χ4n) is 3.16. The average molecular weight is 181 g/mol. The molecule has 0 aromatic carbocycles. The molecule has 3 unspecified atom stereocenters. The quantitative estimate of drug-likeness (QED) is 0.690. The van der Waals surface area contributed by atoms with E-state index in [2.05, 4.69) is 12.2 Å². The zero-order valence-electron chi connectivity index (χ0n) is 8.89. The summed E-state index contributed by atoms with van der Waals surface area (Å²) in [5, 5.41) is 3.47. The summed E-state index contributed by atoms with van der Waals surface area (Å²) in [6.07, 6.45) is 8.95. The lowest BCUT2D eigenvalue weighted by molar-refractivity contribution is 0.243. The van der Waals surface area contributed by atoms with Gasteiger partial charge in [0.2, 0.25) is 0 Å². The molecule has 1 heterocycles. The monoisotopic (exact) mass is 181 g/mol. The van der Waals surface area contributed by atoms with Crippen LogP contribution in [0.25, 0.3) is 0 Å². The summed E-state index contributed by atoms with van der Waals surface area (Å²) in [6.45, 7) is 5.00. The fourth-order valence-corrected chi connectivity index (χ4v) is 3.16. The van der Waals surface area contributed by atoms with E-state index in [-0.39, 0.29) is 0 Å². The Morgan fingerprint density at radius 3 is 2.77 bits per heavy atom. The Bertz CT molecular complexity index is 149. The van der Waals surface area contributed by atoms with Crippen LogP contribution in [-0.2, 0) is 0 Å². The van der Waals surface area contributed by atoms with Crippen LogP contribution < -0.4 is 5.32 Å². The molecule has 13 heavy (non-hydrogen) atoms. The van der Waals surface area contributed by atoms with Gasteiger partial charge in [0.25, 0.3) is 0 Å².